The van der Waals surface area contributed by atoms with Gasteiger partial charge < -0.3 is 25.3 Å². The number of hydrogen-bond acceptors (Lipinski definition) is 5. The largest absolute Gasteiger partial charge is 1.00 e. The molecule has 0 unspecified atom stereocenters. The maximum atomic E-state index is 9.00. The summed E-state index contributed by atoms with van der Waals surface area (Å²) in [4.78, 5) is 18.0. The van der Waals surface area contributed by atoms with E-state index in [9.17, 15) is 0 Å². The van der Waals surface area contributed by atoms with Crippen LogP contribution in [0.3, 0.4) is 0 Å². The molecule has 10 heavy (non-hydrogen) atoms. The quantitative estimate of drug-likeness (QED) is 0.190. The summed E-state index contributed by atoms with van der Waals surface area (Å²) in [6.07, 6.45) is 0. The summed E-state index contributed by atoms with van der Waals surface area (Å²) in [5, 5.41) is 7.01. The zero-order valence-corrected chi connectivity index (χ0v) is 10.4. The third-order valence-electron chi connectivity index (χ3n) is 0.100. The van der Waals surface area contributed by atoms with E-state index >= 15 is 0 Å². The van der Waals surface area contributed by atoms with E-state index in [1.54, 1.807) is 0 Å². The van der Waals surface area contributed by atoms with Crippen LogP contribution >= 0.6 is 7.82 Å². The molecule has 0 atom stereocenters. The minimum absolute atomic E-state index is 0. The van der Waals surface area contributed by atoms with Crippen LogP contribution in [-0.4, -0.2) is 16.2 Å². The Balaban J connectivity index is -0.0000000208. The predicted molar refractivity (Wildman–Crippen MR) is 18.5 cm³/mol. The second kappa shape index (κ2) is 13.6. The first-order valence-electron chi connectivity index (χ1n) is 0.913. The Morgan fingerprint density at radius 1 is 1.20 bits per heavy atom. The second-order valence-electron chi connectivity index (χ2n) is 0.529. The van der Waals surface area contributed by atoms with E-state index in [2.05, 4.69) is 4.67 Å². The van der Waals surface area contributed by atoms with Crippen molar-refractivity contribution >= 4 is 7.82 Å². The van der Waals surface area contributed by atoms with Gasteiger partial charge in [-0.25, -0.2) is 9.93 Å². The molecule has 0 aromatic heterocycles. The zero-order chi connectivity index (χ0) is 5.21. The van der Waals surface area contributed by atoms with Gasteiger partial charge >= 0.3 is 59.1 Å². The average molecular weight is 194 g/mol. The van der Waals surface area contributed by atoms with Crippen molar-refractivity contribution in [2.24, 2.45) is 0 Å². The first-order chi connectivity index (χ1) is 2.56. The molecule has 0 saturated heterocycles. The van der Waals surface area contributed by atoms with Crippen LogP contribution in [0.5, 0.6) is 0 Å². The van der Waals surface area contributed by atoms with Gasteiger partial charge in [-0.3, -0.25) is 0 Å². The van der Waals surface area contributed by atoms with Crippen LogP contribution in [0, 0.1) is 0 Å². The standard InChI is InChI=1S/2Na.H3O5P.2H2O/c;;1-5-6(2,3)4;;/h;;1H,(H2,2,3,4);2*1H2/q2*+1;;;/p-2. The van der Waals surface area contributed by atoms with Crippen molar-refractivity contribution in [3.05, 3.63) is 0 Å². The Morgan fingerprint density at radius 2 is 1.30 bits per heavy atom. The summed E-state index contributed by atoms with van der Waals surface area (Å²) in [6.45, 7) is 0. The van der Waals surface area contributed by atoms with E-state index in [1.807, 2.05) is 0 Å². The summed E-state index contributed by atoms with van der Waals surface area (Å²) in [6, 6.07) is 0. The van der Waals surface area contributed by atoms with Gasteiger partial charge in [0.2, 0.25) is 0 Å². The van der Waals surface area contributed by atoms with Crippen LogP contribution in [0.15, 0.2) is 0 Å². The summed E-state index contributed by atoms with van der Waals surface area (Å²) in [5.74, 6) is 0. The van der Waals surface area contributed by atoms with Gasteiger partial charge in [0.1, 0.15) is 0 Å². The maximum Gasteiger partial charge on any atom is 1.00 e. The Hall–Kier alpha value is 1.99. The Morgan fingerprint density at radius 3 is 1.30 bits per heavy atom. The predicted octanol–water partition coefficient (Wildman–Crippen LogP) is -9.34. The van der Waals surface area contributed by atoms with Crippen molar-refractivity contribution in [2.75, 3.05) is 0 Å². The summed E-state index contributed by atoms with van der Waals surface area (Å²) < 4.78 is 11.4. The fraction of sp³-hybridized carbons (Fsp3) is 0. The molecule has 0 aliphatic carbocycles. The minimum atomic E-state index is -5.09. The van der Waals surface area contributed by atoms with Crippen molar-refractivity contribution < 1.29 is 94.4 Å². The van der Waals surface area contributed by atoms with E-state index in [0.717, 1.165) is 0 Å². The van der Waals surface area contributed by atoms with Gasteiger partial charge in [-0.05, 0) is 0 Å². The van der Waals surface area contributed by atoms with Crippen LogP contribution in [0.1, 0.15) is 0 Å². The molecule has 0 radical (unpaired) electrons. The second-order valence-corrected chi connectivity index (χ2v) is 1.59. The van der Waals surface area contributed by atoms with Crippen LogP contribution in [0.25, 0.3) is 0 Å². The number of phosphoric acid groups is 1. The fourth-order valence-electron chi connectivity index (χ4n) is 0. The molecule has 0 aliphatic heterocycles. The Kier molecular flexibility index (Phi) is 40.2. The molecular formula is H5Na2O7P. The smallest absolute Gasteiger partial charge is 0.788 e. The van der Waals surface area contributed by atoms with E-state index in [0.29, 0.717) is 0 Å². The molecule has 54 valence electrons. The molecule has 0 aliphatic rings. The van der Waals surface area contributed by atoms with Gasteiger partial charge in [-0.1, -0.05) is 0 Å². The third kappa shape index (κ3) is 32.4. The first kappa shape index (κ1) is 29.6. The number of hydrogen-bond donors (Lipinski definition) is 1. The first-order valence-corrected chi connectivity index (χ1v) is 2.37. The Bertz CT molecular complexity index is 75.7. The zero-order valence-electron chi connectivity index (χ0n) is 5.53. The SMILES string of the molecule is O.O.O=P([O-])([O-])OO.[Na+].[Na+]. The molecule has 7 nitrogen and oxygen atoms in total. The van der Waals surface area contributed by atoms with Crippen molar-refractivity contribution in [2.45, 2.75) is 0 Å². The monoisotopic (exact) mass is 194 g/mol. The molecule has 5 N–H and O–H groups in total. The van der Waals surface area contributed by atoms with Crippen molar-refractivity contribution in [1.29, 1.82) is 0 Å². The molecule has 0 amide bonds. The molecule has 0 rings (SSSR count). The average Bonchev–Trinajstić information content (AvgIpc) is 1.35. The molecule has 0 spiro atoms. The molecule has 10 heteroatoms. The molecular weight excluding hydrogens is 189 g/mol. The van der Waals surface area contributed by atoms with Crippen molar-refractivity contribution in [1.82, 2.24) is 0 Å². The van der Waals surface area contributed by atoms with E-state index in [-0.39, 0.29) is 70.1 Å². The van der Waals surface area contributed by atoms with Gasteiger partial charge in [0.25, 0.3) is 0 Å². The summed E-state index contributed by atoms with van der Waals surface area (Å²) in [5.41, 5.74) is 0. The summed E-state index contributed by atoms with van der Waals surface area (Å²) in [7, 11) is -5.09. The normalized spacial score (nSPS) is 7.10. The van der Waals surface area contributed by atoms with Gasteiger partial charge in [-0.2, -0.15) is 0 Å². The van der Waals surface area contributed by atoms with E-state index in [4.69, 9.17) is 19.6 Å². The molecule has 0 fully saturated rings. The van der Waals surface area contributed by atoms with Crippen LogP contribution in [0.2, 0.25) is 0 Å². The molecule has 0 bridgehead atoms. The maximum absolute atomic E-state index is 9.00. The number of rotatable bonds is 1. The minimum Gasteiger partial charge on any atom is -0.788 e. The molecule has 0 heterocycles. The van der Waals surface area contributed by atoms with E-state index in [1.165, 1.54) is 0 Å². The molecule has 0 saturated carbocycles. The van der Waals surface area contributed by atoms with Gasteiger partial charge in [0.05, 0.1) is 7.82 Å². The van der Waals surface area contributed by atoms with Crippen molar-refractivity contribution in [3.63, 3.8) is 0 Å². The van der Waals surface area contributed by atoms with Gasteiger partial charge in [-0.15, -0.1) is 0 Å². The topological polar surface area (TPSA) is 156 Å². The van der Waals surface area contributed by atoms with Crippen molar-refractivity contribution in [3.8, 4) is 0 Å². The van der Waals surface area contributed by atoms with Crippen LogP contribution in [-0.2, 0) is 9.24 Å². The van der Waals surface area contributed by atoms with Gasteiger partial charge in [0, 0.05) is 0 Å². The Labute approximate surface area is 101 Å². The van der Waals surface area contributed by atoms with E-state index < -0.39 is 7.82 Å². The third-order valence-corrected chi connectivity index (χ3v) is 0.300. The van der Waals surface area contributed by atoms with Crippen LogP contribution in [0.4, 0.5) is 0 Å². The van der Waals surface area contributed by atoms with Crippen LogP contribution < -0.4 is 68.9 Å². The molecule has 0 aromatic rings. The van der Waals surface area contributed by atoms with Gasteiger partial charge in [0.15, 0.2) is 0 Å². The summed E-state index contributed by atoms with van der Waals surface area (Å²) >= 11 is 0. The molecule has 0 aromatic carbocycles. The fourth-order valence-corrected chi connectivity index (χ4v) is 0.